The van der Waals surface area contributed by atoms with Crippen molar-refractivity contribution in [2.24, 2.45) is 5.73 Å². The van der Waals surface area contributed by atoms with Gasteiger partial charge in [0.05, 0.1) is 26.3 Å². The standard InChI is InChI=1S/C7H14F2N2O/c8-7(9)5-11(6-7)2-4-12-3-1-10/h1-6,10H2. The Morgan fingerprint density at radius 3 is 2.50 bits per heavy atom. The molecule has 0 amide bonds. The highest BCUT2D eigenvalue weighted by atomic mass is 19.3. The summed E-state index contributed by atoms with van der Waals surface area (Å²) in [5.74, 6) is -2.46. The molecule has 3 nitrogen and oxygen atoms in total. The molecule has 1 fully saturated rings. The van der Waals surface area contributed by atoms with Gasteiger partial charge in [-0.25, -0.2) is 8.78 Å². The first-order valence-electron chi connectivity index (χ1n) is 4.02. The molecular formula is C7H14F2N2O. The molecule has 0 aromatic rings. The van der Waals surface area contributed by atoms with Crippen molar-refractivity contribution in [3.05, 3.63) is 0 Å². The molecule has 0 aliphatic carbocycles. The minimum absolute atomic E-state index is 0.126. The van der Waals surface area contributed by atoms with Crippen LogP contribution in [0.4, 0.5) is 8.78 Å². The maximum atomic E-state index is 12.3. The number of halogens is 2. The fourth-order valence-corrected chi connectivity index (χ4v) is 1.15. The summed E-state index contributed by atoms with van der Waals surface area (Å²) in [4.78, 5) is 1.66. The van der Waals surface area contributed by atoms with Gasteiger partial charge in [-0.2, -0.15) is 0 Å². The molecule has 0 spiro atoms. The summed E-state index contributed by atoms with van der Waals surface area (Å²) in [6.07, 6.45) is 0. The third kappa shape index (κ3) is 3.00. The van der Waals surface area contributed by atoms with Gasteiger partial charge in [-0.05, 0) is 0 Å². The SMILES string of the molecule is NCCOCCN1CC(F)(F)C1. The van der Waals surface area contributed by atoms with E-state index in [0.29, 0.717) is 26.3 Å². The zero-order chi connectivity index (χ0) is 9.03. The van der Waals surface area contributed by atoms with E-state index in [1.54, 1.807) is 4.90 Å². The maximum absolute atomic E-state index is 12.3. The third-order valence-electron chi connectivity index (χ3n) is 1.72. The van der Waals surface area contributed by atoms with Gasteiger partial charge < -0.3 is 10.5 Å². The van der Waals surface area contributed by atoms with Crippen LogP contribution in [0.25, 0.3) is 0 Å². The minimum atomic E-state index is -2.46. The molecule has 1 saturated heterocycles. The molecular weight excluding hydrogens is 166 g/mol. The third-order valence-corrected chi connectivity index (χ3v) is 1.72. The first kappa shape index (κ1) is 9.83. The molecule has 0 saturated carbocycles. The van der Waals surface area contributed by atoms with Crippen LogP contribution in [0, 0.1) is 0 Å². The number of hydrogen-bond donors (Lipinski definition) is 1. The average molecular weight is 180 g/mol. The van der Waals surface area contributed by atoms with Gasteiger partial charge in [0.25, 0.3) is 5.92 Å². The Morgan fingerprint density at radius 2 is 2.00 bits per heavy atom. The van der Waals surface area contributed by atoms with Crippen LogP contribution in [-0.4, -0.2) is 50.2 Å². The van der Waals surface area contributed by atoms with Crippen molar-refractivity contribution in [3.8, 4) is 0 Å². The van der Waals surface area contributed by atoms with E-state index in [0.717, 1.165) is 0 Å². The summed E-state index contributed by atoms with van der Waals surface area (Å²) in [6.45, 7) is 1.81. The van der Waals surface area contributed by atoms with Crippen molar-refractivity contribution in [2.75, 3.05) is 39.4 Å². The van der Waals surface area contributed by atoms with Crippen molar-refractivity contribution < 1.29 is 13.5 Å². The van der Waals surface area contributed by atoms with Crippen LogP contribution < -0.4 is 5.73 Å². The number of ether oxygens (including phenoxy) is 1. The lowest BCUT2D eigenvalue weighted by Crippen LogP contribution is -2.56. The van der Waals surface area contributed by atoms with Gasteiger partial charge in [-0.3, -0.25) is 4.90 Å². The fraction of sp³-hybridized carbons (Fsp3) is 1.00. The molecule has 1 rings (SSSR count). The van der Waals surface area contributed by atoms with Crippen LogP contribution >= 0.6 is 0 Å². The number of rotatable bonds is 5. The summed E-state index contributed by atoms with van der Waals surface area (Å²) in [6, 6.07) is 0. The summed E-state index contributed by atoms with van der Waals surface area (Å²) >= 11 is 0. The summed E-state index contributed by atoms with van der Waals surface area (Å²) in [7, 11) is 0. The first-order valence-corrected chi connectivity index (χ1v) is 4.02. The zero-order valence-corrected chi connectivity index (χ0v) is 6.93. The van der Waals surface area contributed by atoms with E-state index in [4.69, 9.17) is 10.5 Å². The second kappa shape index (κ2) is 4.11. The quantitative estimate of drug-likeness (QED) is 0.601. The molecule has 0 aromatic carbocycles. The van der Waals surface area contributed by atoms with Crippen LogP contribution in [-0.2, 0) is 4.74 Å². The molecule has 0 bridgehead atoms. The van der Waals surface area contributed by atoms with Gasteiger partial charge in [0.15, 0.2) is 0 Å². The normalized spacial score (nSPS) is 22.2. The Morgan fingerprint density at radius 1 is 1.33 bits per heavy atom. The van der Waals surface area contributed by atoms with Crippen LogP contribution in [0.2, 0.25) is 0 Å². The number of alkyl halides is 2. The Hall–Kier alpha value is -0.260. The maximum Gasteiger partial charge on any atom is 0.272 e. The molecule has 5 heteroatoms. The highest BCUT2D eigenvalue weighted by molar-refractivity contribution is 4.86. The van der Waals surface area contributed by atoms with Gasteiger partial charge in [-0.15, -0.1) is 0 Å². The Balaban J connectivity index is 1.90. The van der Waals surface area contributed by atoms with Gasteiger partial charge in [0.2, 0.25) is 0 Å². The highest BCUT2D eigenvalue weighted by Gasteiger charge is 2.43. The second-order valence-electron chi connectivity index (χ2n) is 2.97. The topological polar surface area (TPSA) is 38.5 Å². The minimum Gasteiger partial charge on any atom is -0.379 e. The van der Waals surface area contributed by atoms with E-state index in [1.165, 1.54) is 0 Å². The van der Waals surface area contributed by atoms with E-state index in [1.807, 2.05) is 0 Å². The monoisotopic (exact) mass is 180 g/mol. The lowest BCUT2D eigenvalue weighted by Gasteiger charge is -2.38. The molecule has 12 heavy (non-hydrogen) atoms. The smallest absolute Gasteiger partial charge is 0.272 e. The molecule has 0 atom stereocenters. The number of nitrogens with zero attached hydrogens (tertiary/aromatic N) is 1. The Bertz CT molecular complexity index is 135. The Labute approximate surface area is 70.5 Å². The molecule has 2 N–H and O–H groups in total. The lowest BCUT2D eigenvalue weighted by molar-refractivity contribution is -0.134. The lowest BCUT2D eigenvalue weighted by atomic mass is 10.1. The van der Waals surface area contributed by atoms with Gasteiger partial charge >= 0.3 is 0 Å². The van der Waals surface area contributed by atoms with Crippen molar-refractivity contribution in [2.45, 2.75) is 5.92 Å². The van der Waals surface area contributed by atoms with E-state index < -0.39 is 5.92 Å². The fourth-order valence-electron chi connectivity index (χ4n) is 1.15. The van der Waals surface area contributed by atoms with Crippen molar-refractivity contribution in [1.29, 1.82) is 0 Å². The molecule has 72 valence electrons. The summed E-state index contributed by atoms with van der Waals surface area (Å²) < 4.78 is 29.6. The predicted molar refractivity (Wildman–Crippen MR) is 41.3 cm³/mol. The molecule has 1 aliphatic heterocycles. The number of nitrogens with two attached hydrogens (primary N) is 1. The van der Waals surface area contributed by atoms with E-state index in [2.05, 4.69) is 0 Å². The molecule has 1 heterocycles. The molecule has 1 aliphatic rings. The van der Waals surface area contributed by atoms with Gasteiger partial charge in [0, 0.05) is 13.1 Å². The van der Waals surface area contributed by atoms with Crippen molar-refractivity contribution in [1.82, 2.24) is 4.90 Å². The average Bonchev–Trinajstić information content (AvgIpc) is 1.94. The van der Waals surface area contributed by atoms with Crippen molar-refractivity contribution >= 4 is 0 Å². The van der Waals surface area contributed by atoms with Gasteiger partial charge in [0.1, 0.15) is 0 Å². The number of hydrogen-bond acceptors (Lipinski definition) is 3. The largest absolute Gasteiger partial charge is 0.379 e. The first-order chi connectivity index (χ1) is 5.64. The van der Waals surface area contributed by atoms with E-state index >= 15 is 0 Å². The molecule has 0 unspecified atom stereocenters. The summed E-state index contributed by atoms with van der Waals surface area (Å²) in [5.41, 5.74) is 5.18. The number of likely N-dealkylation sites (tertiary alicyclic amines) is 1. The van der Waals surface area contributed by atoms with Crippen molar-refractivity contribution in [3.63, 3.8) is 0 Å². The zero-order valence-electron chi connectivity index (χ0n) is 6.93. The predicted octanol–water partition coefficient (Wildman–Crippen LogP) is -0.0874. The summed E-state index contributed by atoms with van der Waals surface area (Å²) in [5, 5.41) is 0. The van der Waals surface area contributed by atoms with Crippen LogP contribution in [0.1, 0.15) is 0 Å². The molecule has 0 aromatic heterocycles. The highest BCUT2D eigenvalue weighted by Crippen LogP contribution is 2.25. The van der Waals surface area contributed by atoms with E-state index in [-0.39, 0.29) is 13.1 Å². The van der Waals surface area contributed by atoms with Gasteiger partial charge in [-0.1, -0.05) is 0 Å². The molecule has 0 radical (unpaired) electrons. The van der Waals surface area contributed by atoms with Crippen LogP contribution in [0.5, 0.6) is 0 Å². The Kier molecular flexibility index (Phi) is 3.37. The van der Waals surface area contributed by atoms with Crippen LogP contribution in [0.3, 0.4) is 0 Å². The van der Waals surface area contributed by atoms with Crippen LogP contribution in [0.15, 0.2) is 0 Å². The van der Waals surface area contributed by atoms with E-state index in [9.17, 15) is 8.78 Å². The second-order valence-corrected chi connectivity index (χ2v) is 2.97.